The van der Waals surface area contributed by atoms with Crippen LogP contribution < -0.4 is 10.1 Å². The summed E-state index contributed by atoms with van der Waals surface area (Å²) < 4.78 is 47.1. The Labute approximate surface area is 240 Å². The minimum Gasteiger partial charge on any atom is -0.406 e. The van der Waals surface area contributed by atoms with E-state index >= 15 is 0 Å². The van der Waals surface area contributed by atoms with Gasteiger partial charge < -0.3 is 14.8 Å². The number of nitrogens with zero attached hydrogens (tertiary/aromatic N) is 2. The minimum atomic E-state index is -4.80. The van der Waals surface area contributed by atoms with Crippen LogP contribution in [0.5, 0.6) is 5.75 Å². The summed E-state index contributed by atoms with van der Waals surface area (Å²) in [5, 5.41) is 4.43. The number of hydrogen-bond acceptors (Lipinski definition) is 5. The van der Waals surface area contributed by atoms with Gasteiger partial charge in [0.15, 0.2) is 0 Å². The highest BCUT2D eigenvalue weighted by atomic mass is 35.5. The summed E-state index contributed by atoms with van der Waals surface area (Å²) in [4.78, 5) is 17.9. The van der Waals surface area contributed by atoms with E-state index in [0.717, 1.165) is 36.3 Å². The number of halogens is 5. The van der Waals surface area contributed by atoms with Crippen LogP contribution in [0.4, 0.5) is 13.2 Å². The lowest BCUT2D eigenvalue weighted by molar-refractivity contribution is -0.274. The molecule has 11 heteroatoms. The molecular formula is C29H28Cl2F3N3O3. The Bertz CT molecular complexity index is 1240. The van der Waals surface area contributed by atoms with Crippen LogP contribution in [0.1, 0.15) is 27.5 Å². The van der Waals surface area contributed by atoms with E-state index in [4.69, 9.17) is 27.9 Å². The molecule has 6 nitrogen and oxygen atoms in total. The molecule has 5 rings (SSSR count). The number of likely N-dealkylation sites (tertiary alicyclic amines) is 1. The van der Waals surface area contributed by atoms with Crippen molar-refractivity contribution in [1.82, 2.24) is 15.1 Å². The van der Waals surface area contributed by atoms with Crippen molar-refractivity contribution in [2.45, 2.75) is 24.5 Å². The van der Waals surface area contributed by atoms with Crippen LogP contribution in [0.3, 0.4) is 0 Å². The number of rotatable bonds is 7. The summed E-state index contributed by atoms with van der Waals surface area (Å²) in [5.74, 6) is -0.741. The van der Waals surface area contributed by atoms with Gasteiger partial charge in [-0.05, 0) is 59.7 Å². The van der Waals surface area contributed by atoms with Gasteiger partial charge in [-0.2, -0.15) is 0 Å². The third-order valence-corrected chi connectivity index (χ3v) is 7.74. The normalized spacial score (nSPS) is 20.6. The molecule has 0 spiro atoms. The molecule has 0 saturated carbocycles. The van der Waals surface area contributed by atoms with E-state index in [2.05, 4.69) is 19.9 Å². The number of benzene rings is 3. The predicted octanol–water partition coefficient (Wildman–Crippen LogP) is 5.80. The molecule has 2 heterocycles. The molecule has 1 N–H and O–H groups in total. The Hall–Kier alpha value is -2.82. The Morgan fingerprint density at radius 3 is 1.95 bits per heavy atom. The average Bonchev–Trinajstić information content (AvgIpc) is 3.34. The molecule has 3 aromatic carbocycles. The van der Waals surface area contributed by atoms with Gasteiger partial charge in [0, 0.05) is 47.8 Å². The van der Waals surface area contributed by atoms with Crippen molar-refractivity contribution >= 4 is 29.1 Å². The highest BCUT2D eigenvalue weighted by molar-refractivity contribution is 6.30. The Balaban J connectivity index is 1.40. The van der Waals surface area contributed by atoms with Crippen LogP contribution in [0, 0.1) is 0 Å². The first-order valence-electron chi connectivity index (χ1n) is 12.9. The van der Waals surface area contributed by atoms with Gasteiger partial charge in [-0.15, -0.1) is 13.2 Å². The fourth-order valence-corrected chi connectivity index (χ4v) is 5.66. The molecule has 2 atom stereocenters. The SMILES string of the molecule is O=C(N[C@H]1CN(C(c2ccc(Cl)cc2)c2ccc(Cl)cc2)C[C@@H]1N1CCOCC1)c1ccc(OC(F)(F)F)cc1. The summed E-state index contributed by atoms with van der Waals surface area (Å²) in [5.41, 5.74) is 2.36. The molecule has 0 aromatic heterocycles. The second-order valence-electron chi connectivity index (χ2n) is 9.83. The molecule has 2 aliphatic rings. The number of alkyl halides is 3. The van der Waals surface area contributed by atoms with Crippen molar-refractivity contribution in [3.05, 3.63) is 99.5 Å². The maximum Gasteiger partial charge on any atom is 0.573 e. The monoisotopic (exact) mass is 593 g/mol. The summed E-state index contributed by atoms with van der Waals surface area (Å²) in [7, 11) is 0. The Morgan fingerprint density at radius 1 is 0.875 bits per heavy atom. The van der Waals surface area contributed by atoms with Gasteiger partial charge in [0.1, 0.15) is 5.75 Å². The van der Waals surface area contributed by atoms with E-state index < -0.39 is 6.36 Å². The lowest BCUT2D eigenvalue weighted by Crippen LogP contribution is -2.54. The molecule has 2 aliphatic heterocycles. The summed E-state index contributed by atoms with van der Waals surface area (Å²) in [6.45, 7) is 3.92. The molecule has 212 valence electrons. The summed E-state index contributed by atoms with van der Waals surface area (Å²) in [6.07, 6.45) is -4.80. The van der Waals surface area contributed by atoms with Crippen molar-refractivity contribution < 1.29 is 27.4 Å². The average molecular weight is 594 g/mol. The van der Waals surface area contributed by atoms with Crippen molar-refractivity contribution in [3.8, 4) is 5.75 Å². The van der Waals surface area contributed by atoms with Gasteiger partial charge in [0.05, 0.1) is 25.3 Å². The van der Waals surface area contributed by atoms with E-state index in [-0.39, 0.29) is 35.3 Å². The number of nitrogens with one attached hydrogen (secondary N) is 1. The molecule has 40 heavy (non-hydrogen) atoms. The largest absolute Gasteiger partial charge is 0.573 e. The maximum atomic E-state index is 13.3. The van der Waals surface area contributed by atoms with Crippen molar-refractivity contribution in [1.29, 1.82) is 0 Å². The quantitative estimate of drug-likeness (QED) is 0.375. The van der Waals surface area contributed by atoms with Crippen LogP contribution >= 0.6 is 23.2 Å². The molecule has 0 unspecified atom stereocenters. The summed E-state index contributed by atoms with van der Waals surface area (Å²) in [6, 6.07) is 20.0. The van der Waals surface area contributed by atoms with Crippen LogP contribution in [0.25, 0.3) is 0 Å². The Morgan fingerprint density at radius 2 is 1.43 bits per heavy atom. The maximum absolute atomic E-state index is 13.3. The van der Waals surface area contributed by atoms with E-state index in [0.29, 0.717) is 36.3 Å². The lowest BCUT2D eigenvalue weighted by Gasteiger charge is -2.35. The third-order valence-electron chi connectivity index (χ3n) is 7.24. The highest BCUT2D eigenvalue weighted by Gasteiger charge is 2.41. The van der Waals surface area contributed by atoms with Crippen molar-refractivity contribution in [3.63, 3.8) is 0 Å². The molecular weight excluding hydrogens is 566 g/mol. The predicted molar refractivity (Wildman–Crippen MR) is 147 cm³/mol. The first-order chi connectivity index (χ1) is 19.2. The third kappa shape index (κ3) is 7.08. The molecule has 2 saturated heterocycles. The van der Waals surface area contributed by atoms with E-state index in [9.17, 15) is 18.0 Å². The fraction of sp³-hybridized carbons (Fsp3) is 0.345. The highest BCUT2D eigenvalue weighted by Crippen LogP contribution is 2.34. The van der Waals surface area contributed by atoms with Crippen LogP contribution in [0.2, 0.25) is 10.0 Å². The molecule has 0 aliphatic carbocycles. The smallest absolute Gasteiger partial charge is 0.406 e. The molecule has 2 fully saturated rings. The van der Waals surface area contributed by atoms with Gasteiger partial charge in [0.2, 0.25) is 0 Å². The molecule has 1 amide bonds. The number of carbonyl (C=O) groups excluding carboxylic acids is 1. The number of ether oxygens (including phenoxy) is 2. The number of amides is 1. The molecule has 0 radical (unpaired) electrons. The van der Waals surface area contributed by atoms with Crippen LogP contribution in [-0.2, 0) is 4.74 Å². The van der Waals surface area contributed by atoms with Gasteiger partial charge in [0.25, 0.3) is 5.91 Å². The molecule has 3 aromatic rings. The number of carbonyl (C=O) groups is 1. The van der Waals surface area contributed by atoms with E-state index in [1.807, 2.05) is 48.5 Å². The zero-order chi connectivity index (χ0) is 28.3. The minimum absolute atomic E-state index is 0.00258. The van der Waals surface area contributed by atoms with Crippen molar-refractivity contribution in [2.24, 2.45) is 0 Å². The zero-order valence-corrected chi connectivity index (χ0v) is 22.9. The molecule has 0 bridgehead atoms. The van der Waals surface area contributed by atoms with E-state index in [1.165, 1.54) is 12.1 Å². The standard InChI is InChI=1S/C29H28Cl2F3N3O3/c30-22-7-1-19(2-8-22)27(20-3-9-23(31)10-4-20)37-17-25(26(18-37)36-13-15-39-16-14-36)35-28(38)21-5-11-24(12-6-21)40-29(32,33)34/h1-12,25-27H,13-18H2,(H,35,38)/t25-,26-/m0/s1. The lowest BCUT2D eigenvalue weighted by atomic mass is 9.97. The fourth-order valence-electron chi connectivity index (χ4n) is 5.41. The van der Waals surface area contributed by atoms with Gasteiger partial charge >= 0.3 is 6.36 Å². The van der Waals surface area contributed by atoms with Crippen LogP contribution in [-0.4, -0.2) is 73.5 Å². The second kappa shape index (κ2) is 12.4. The zero-order valence-electron chi connectivity index (χ0n) is 21.4. The topological polar surface area (TPSA) is 54.0 Å². The second-order valence-corrected chi connectivity index (χ2v) is 10.7. The van der Waals surface area contributed by atoms with Gasteiger partial charge in [-0.25, -0.2) is 0 Å². The van der Waals surface area contributed by atoms with Crippen molar-refractivity contribution in [2.75, 3.05) is 39.4 Å². The first-order valence-corrected chi connectivity index (χ1v) is 13.7. The van der Waals surface area contributed by atoms with Gasteiger partial charge in [-0.1, -0.05) is 47.5 Å². The van der Waals surface area contributed by atoms with Gasteiger partial charge in [-0.3, -0.25) is 14.6 Å². The Kier molecular flexibility index (Phi) is 8.87. The number of morpholine rings is 1. The first kappa shape index (κ1) is 28.7. The van der Waals surface area contributed by atoms with Crippen LogP contribution in [0.15, 0.2) is 72.8 Å². The number of hydrogen-bond donors (Lipinski definition) is 1. The van der Waals surface area contributed by atoms with E-state index in [1.54, 1.807) is 0 Å². The summed E-state index contributed by atoms with van der Waals surface area (Å²) >= 11 is 12.4.